The SMILES string of the molecule is Cc1ccc(CC(C#N)Sc2nnnn2C2CC2)cc1. The van der Waals surface area contributed by atoms with E-state index in [0.717, 1.165) is 18.0 Å². The van der Waals surface area contributed by atoms with E-state index in [-0.39, 0.29) is 5.25 Å². The van der Waals surface area contributed by atoms with E-state index >= 15 is 0 Å². The zero-order valence-corrected chi connectivity index (χ0v) is 12.0. The van der Waals surface area contributed by atoms with E-state index in [1.807, 2.05) is 4.68 Å². The molecule has 0 spiro atoms. The maximum Gasteiger partial charge on any atom is 0.210 e. The lowest BCUT2D eigenvalue weighted by Gasteiger charge is -2.08. The number of tetrazole rings is 1. The highest BCUT2D eigenvalue weighted by atomic mass is 32.2. The molecule has 6 heteroatoms. The van der Waals surface area contributed by atoms with Gasteiger partial charge in [0, 0.05) is 0 Å². The van der Waals surface area contributed by atoms with Crippen LogP contribution in [-0.2, 0) is 6.42 Å². The average molecular weight is 285 g/mol. The molecule has 0 saturated heterocycles. The highest BCUT2D eigenvalue weighted by molar-refractivity contribution is 8.00. The Morgan fingerprint density at radius 2 is 2.15 bits per heavy atom. The van der Waals surface area contributed by atoms with Gasteiger partial charge in [0.15, 0.2) is 0 Å². The van der Waals surface area contributed by atoms with Crippen molar-refractivity contribution in [1.82, 2.24) is 20.2 Å². The minimum absolute atomic E-state index is 0.166. The quantitative estimate of drug-likeness (QED) is 0.790. The Bertz CT molecular complexity index is 624. The molecule has 1 saturated carbocycles. The van der Waals surface area contributed by atoms with Crippen LogP contribution in [0.3, 0.4) is 0 Å². The number of nitriles is 1. The number of aryl methyl sites for hydroxylation is 1. The number of thioether (sulfide) groups is 1. The number of aromatic nitrogens is 4. The van der Waals surface area contributed by atoms with E-state index in [1.54, 1.807) is 0 Å². The van der Waals surface area contributed by atoms with Gasteiger partial charge in [0.25, 0.3) is 0 Å². The van der Waals surface area contributed by atoms with Crippen molar-refractivity contribution in [3.63, 3.8) is 0 Å². The molecule has 5 nitrogen and oxygen atoms in total. The number of benzene rings is 1. The summed E-state index contributed by atoms with van der Waals surface area (Å²) in [5.41, 5.74) is 2.40. The van der Waals surface area contributed by atoms with Gasteiger partial charge in [0.2, 0.25) is 5.16 Å². The Morgan fingerprint density at radius 1 is 1.40 bits per heavy atom. The molecule has 0 bridgehead atoms. The monoisotopic (exact) mass is 285 g/mol. The van der Waals surface area contributed by atoms with Crippen molar-refractivity contribution in [2.45, 2.75) is 42.6 Å². The lowest BCUT2D eigenvalue weighted by Crippen LogP contribution is -2.07. The van der Waals surface area contributed by atoms with Gasteiger partial charge in [-0.15, -0.1) is 5.10 Å². The summed E-state index contributed by atoms with van der Waals surface area (Å²) in [5, 5.41) is 21.7. The molecule has 1 aliphatic carbocycles. The van der Waals surface area contributed by atoms with E-state index in [9.17, 15) is 5.26 Å². The van der Waals surface area contributed by atoms with Crippen LogP contribution in [0.15, 0.2) is 29.4 Å². The fourth-order valence-corrected chi connectivity index (χ4v) is 2.95. The first kappa shape index (κ1) is 13.1. The molecule has 0 aliphatic heterocycles. The third-order valence-corrected chi connectivity index (χ3v) is 4.32. The van der Waals surface area contributed by atoms with E-state index in [1.165, 1.54) is 22.9 Å². The molecule has 1 fully saturated rings. The molecular weight excluding hydrogens is 270 g/mol. The number of nitrogens with zero attached hydrogens (tertiary/aromatic N) is 5. The minimum Gasteiger partial charge on any atom is -0.217 e. The number of hydrogen-bond acceptors (Lipinski definition) is 5. The Hall–Kier alpha value is -1.87. The van der Waals surface area contributed by atoms with Crippen LogP contribution in [0.25, 0.3) is 0 Å². The molecule has 3 rings (SSSR count). The van der Waals surface area contributed by atoms with Gasteiger partial charge in [0.1, 0.15) is 5.25 Å². The van der Waals surface area contributed by atoms with Crippen molar-refractivity contribution in [3.8, 4) is 6.07 Å². The predicted molar refractivity (Wildman–Crippen MR) is 76.2 cm³/mol. The van der Waals surface area contributed by atoms with Crippen molar-refractivity contribution < 1.29 is 0 Å². The maximum absolute atomic E-state index is 9.34. The van der Waals surface area contributed by atoms with Crippen LogP contribution in [-0.4, -0.2) is 25.5 Å². The molecule has 20 heavy (non-hydrogen) atoms. The molecule has 0 radical (unpaired) electrons. The van der Waals surface area contributed by atoms with Gasteiger partial charge in [0.05, 0.1) is 12.1 Å². The molecule has 1 heterocycles. The molecular formula is C14H15N5S. The lowest BCUT2D eigenvalue weighted by atomic mass is 10.1. The normalized spacial score (nSPS) is 15.8. The molecule has 1 atom stereocenters. The molecule has 1 aliphatic rings. The zero-order chi connectivity index (χ0) is 13.9. The summed E-state index contributed by atoms with van der Waals surface area (Å²) in [5.74, 6) is 0. The van der Waals surface area contributed by atoms with Gasteiger partial charge in [-0.25, -0.2) is 4.68 Å². The highest BCUT2D eigenvalue weighted by Crippen LogP contribution is 2.37. The van der Waals surface area contributed by atoms with Gasteiger partial charge in [-0.05, 0) is 42.2 Å². The van der Waals surface area contributed by atoms with E-state index in [0.29, 0.717) is 12.5 Å². The van der Waals surface area contributed by atoms with Crippen molar-refractivity contribution in [3.05, 3.63) is 35.4 Å². The third kappa shape index (κ3) is 2.99. The number of rotatable bonds is 5. The van der Waals surface area contributed by atoms with Gasteiger partial charge in [-0.1, -0.05) is 41.6 Å². The Balaban J connectivity index is 1.69. The topological polar surface area (TPSA) is 67.4 Å². The van der Waals surface area contributed by atoms with Gasteiger partial charge >= 0.3 is 0 Å². The van der Waals surface area contributed by atoms with Crippen molar-refractivity contribution >= 4 is 11.8 Å². The van der Waals surface area contributed by atoms with Gasteiger partial charge in [-0.3, -0.25) is 0 Å². The number of hydrogen-bond donors (Lipinski definition) is 0. The van der Waals surface area contributed by atoms with Crippen molar-refractivity contribution in [1.29, 1.82) is 5.26 Å². The second-order valence-corrected chi connectivity index (χ2v) is 6.23. The van der Waals surface area contributed by atoms with E-state index < -0.39 is 0 Å². The molecule has 2 aromatic rings. The summed E-state index contributed by atoms with van der Waals surface area (Å²) in [6.45, 7) is 2.06. The first-order valence-electron chi connectivity index (χ1n) is 6.66. The fraction of sp³-hybridized carbons (Fsp3) is 0.429. The molecule has 0 N–H and O–H groups in total. The molecule has 1 aromatic carbocycles. The fourth-order valence-electron chi connectivity index (χ4n) is 1.99. The Morgan fingerprint density at radius 3 is 2.80 bits per heavy atom. The van der Waals surface area contributed by atoms with E-state index in [2.05, 4.69) is 52.8 Å². The molecule has 1 unspecified atom stereocenters. The van der Waals surface area contributed by atoms with Crippen LogP contribution < -0.4 is 0 Å². The Kier molecular flexibility index (Phi) is 3.70. The summed E-state index contributed by atoms with van der Waals surface area (Å²) < 4.78 is 1.85. The second kappa shape index (κ2) is 5.63. The standard InChI is InChI=1S/C14H15N5S/c1-10-2-4-11(5-3-10)8-13(9-15)20-14-16-17-18-19(14)12-6-7-12/h2-5,12-13H,6-8H2,1H3. The summed E-state index contributed by atoms with van der Waals surface area (Å²) in [4.78, 5) is 0. The maximum atomic E-state index is 9.34. The average Bonchev–Trinajstić information content (AvgIpc) is 3.20. The van der Waals surface area contributed by atoms with Crippen molar-refractivity contribution in [2.24, 2.45) is 0 Å². The van der Waals surface area contributed by atoms with Crippen LogP contribution in [0.2, 0.25) is 0 Å². The predicted octanol–water partition coefficient (Wildman–Crippen LogP) is 2.54. The Labute approximate surface area is 122 Å². The van der Waals surface area contributed by atoms with Crippen LogP contribution >= 0.6 is 11.8 Å². The molecule has 0 amide bonds. The van der Waals surface area contributed by atoms with E-state index in [4.69, 9.17) is 0 Å². The molecule has 102 valence electrons. The van der Waals surface area contributed by atoms with Crippen LogP contribution in [0.5, 0.6) is 0 Å². The third-order valence-electron chi connectivity index (χ3n) is 3.29. The second-order valence-electron chi connectivity index (χ2n) is 5.06. The van der Waals surface area contributed by atoms with Gasteiger partial charge in [-0.2, -0.15) is 5.26 Å². The highest BCUT2D eigenvalue weighted by Gasteiger charge is 2.29. The first-order valence-corrected chi connectivity index (χ1v) is 7.54. The summed E-state index contributed by atoms with van der Waals surface area (Å²) in [6, 6.07) is 11.1. The van der Waals surface area contributed by atoms with Crippen LogP contribution in [0.4, 0.5) is 0 Å². The summed E-state index contributed by atoms with van der Waals surface area (Å²) in [6.07, 6.45) is 2.97. The lowest BCUT2D eigenvalue weighted by molar-refractivity contribution is 0.565. The first-order chi connectivity index (χ1) is 9.76. The smallest absolute Gasteiger partial charge is 0.210 e. The summed E-state index contributed by atoms with van der Waals surface area (Å²) >= 11 is 1.46. The molecule has 1 aromatic heterocycles. The van der Waals surface area contributed by atoms with Crippen molar-refractivity contribution in [2.75, 3.05) is 0 Å². The van der Waals surface area contributed by atoms with Crippen LogP contribution in [0.1, 0.15) is 30.0 Å². The minimum atomic E-state index is -0.166. The van der Waals surface area contributed by atoms with Gasteiger partial charge < -0.3 is 0 Å². The summed E-state index contributed by atoms with van der Waals surface area (Å²) in [7, 11) is 0. The zero-order valence-electron chi connectivity index (χ0n) is 11.2. The van der Waals surface area contributed by atoms with Crippen LogP contribution in [0, 0.1) is 18.3 Å². The largest absolute Gasteiger partial charge is 0.217 e.